The Morgan fingerprint density at radius 2 is 2.35 bits per heavy atom. The molecule has 2 atom stereocenters. The number of nitrogens with zero attached hydrogens (tertiary/aromatic N) is 1. The number of fused-ring (bicyclic) bond motifs is 1. The van der Waals surface area contributed by atoms with Crippen molar-refractivity contribution in [3.8, 4) is 5.75 Å². The molecule has 1 saturated heterocycles. The van der Waals surface area contributed by atoms with E-state index in [1.54, 1.807) is 7.11 Å². The van der Waals surface area contributed by atoms with E-state index in [0.717, 1.165) is 38.4 Å². The van der Waals surface area contributed by atoms with E-state index in [1.807, 2.05) is 0 Å². The molecule has 0 saturated carbocycles. The maximum absolute atomic E-state index is 5.81. The average molecular weight is 276 g/mol. The molecular weight excluding hydrogens is 252 g/mol. The SMILES string of the molecule is COc1ccc2c(c1)C(N(C)CC1CNCCO1)CC2. The van der Waals surface area contributed by atoms with Crippen LogP contribution in [-0.2, 0) is 11.2 Å². The quantitative estimate of drug-likeness (QED) is 0.906. The zero-order valence-electron chi connectivity index (χ0n) is 12.4. The van der Waals surface area contributed by atoms with E-state index in [1.165, 1.54) is 17.5 Å². The van der Waals surface area contributed by atoms with Crippen molar-refractivity contribution in [3.05, 3.63) is 29.3 Å². The van der Waals surface area contributed by atoms with Crippen molar-refractivity contribution in [2.45, 2.75) is 25.0 Å². The molecule has 110 valence electrons. The number of nitrogens with one attached hydrogen (secondary N) is 1. The number of aryl methyl sites for hydroxylation is 1. The molecule has 1 aliphatic carbocycles. The Morgan fingerprint density at radius 1 is 1.45 bits per heavy atom. The van der Waals surface area contributed by atoms with Crippen molar-refractivity contribution < 1.29 is 9.47 Å². The highest BCUT2D eigenvalue weighted by atomic mass is 16.5. The molecule has 2 unspecified atom stereocenters. The lowest BCUT2D eigenvalue weighted by molar-refractivity contribution is 0.00270. The summed E-state index contributed by atoms with van der Waals surface area (Å²) in [6.45, 7) is 3.74. The summed E-state index contributed by atoms with van der Waals surface area (Å²) in [5.74, 6) is 0.958. The fourth-order valence-corrected chi connectivity index (χ4v) is 3.33. The molecule has 4 heteroatoms. The van der Waals surface area contributed by atoms with Crippen molar-refractivity contribution in [2.75, 3.05) is 40.4 Å². The van der Waals surface area contributed by atoms with E-state index in [9.17, 15) is 0 Å². The second kappa shape index (κ2) is 6.12. The molecule has 1 heterocycles. The fourth-order valence-electron chi connectivity index (χ4n) is 3.33. The maximum Gasteiger partial charge on any atom is 0.119 e. The summed E-state index contributed by atoms with van der Waals surface area (Å²) in [6, 6.07) is 6.96. The van der Waals surface area contributed by atoms with Crippen molar-refractivity contribution >= 4 is 0 Å². The van der Waals surface area contributed by atoms with E-state index >= 15 is 0 Å². The largest absolute Gasteiger partial charge is 0.497 e. The molecule has 20 heavy (non-hydrogen) atoms. The average Bonchev–Trinajstić information content (AvgIpc) is 2.91. The van der Waals surface area contributed by atoms with Gasteiger partial charge in [0.1, 0.15) is 5.75 Å². The topological polar surface area (TPSA) is 33.7 Å². The van der Waals surface area contributed by atoms with Gasteiger partial charge in [-0.2, -0.15) is 0 Å². The van der Waals surface area contributed by atoms with Gasteiger partial charge in [-0.3, -0.25) is 4.90 Å². The van der Waals surface area contributed by atoms with Crippen LogP contribution in [0.5, 0.6) is 5.75 Å². The first-order valence-electron chi connectivity index (χ1n) is 7.47. The highest BCUT2D eigenvalue weighted by Crippen LogP contribution is 2.37. The van der Waals surface area contributed by atoms with Gasteiger partial charge in [-0.05, 0) is 43.1 Å². The van der Waals surface area contributed by atoms with Gasteiger partial charge in [-0.1, -0.05) is 6.07 Å². The molecule has 1 aromatic rings. The lowest BCUT2D eigenvalue weighted by Gasteiger charge is -2.31. The van der Waals surface area contributed by atoms with Crippen LogP contribution >= 0.6 is 0 Å². The lowest BCUT2D eigenvalue weighted by Crippen LogP contribution is -2.44. The summed E-state index contributed by atoms with van der Waals surface area (Å²) in [5.41, 5.74) is 2.89. The number of benzene rings is 1. The van der Waals surface area contributed by atoms with Gasteiger partial charge in [0.05, 0.1) is 19.8 Å². The minimum atomic E-state index is 0.309. The third-order valence-corrected chi connectivity index (χ3v) is 4.43. The highest BCUT2D eigenvalue weighted by Gasteiger charge is 2.28. The van der Waals surface area contributed by atoms with Crippen LogP contribution in [-0.4, -0.2) is 51.4 Å². The highest BCUT2D eigenvalue weighted by molar-refractivity contribution is 5.40. The maximum atomic E-state index is 5.81. The number of hydrogen-bond donors (Lipinski definition) is 1. The van der Waals surface area contributed by atoms with Crippen molar-refractivity contribution in [3.63, 3.8) is 0 Å². The molecule has 0 bridgehead atoms. The second-order valence-electron chi connectivity index (χ2n) is 5.76. The third kappa shape index (κ3) is 2.82. The van der Waals surface area contributed by atoms with E-state index < -0.39 is 0 Å². The summed E-state index contributed by atoms with van der Waals surface area (Å²) in [4.78, 5) is 2.43. The molecule has 0 radical (unpaired) electrons. The number of rotatable bonds is 4. The van der Waals surface area contributed by atoms with E-state index in [-0.39, 0.29) is 0 Å². The van der Waals surface area contributed by atoms with Crippen molar-refractivity contribution in [2.24, 2.45) is 0 Å². The molecule has 1 aliphatic heterocycles. The molecule has 2 aliphatic rings. The number of methoxy groups -OCH3 is 1. The molecule has 4 nitrogen and oxygen atoms in total. The number of hydrogen-bond acceptors (Lipinski definition) is 4. The van der Waals surface area contributed by atoms with Gasteiger partial charge in [0.2, 0.25) is 0 Å². The van der Waals surface area contributed by atoms with Crippen LogP contribution in [0.25, 0.3) is 0 Å². The van der Waals surface area contributed by atoms with Crippen LogP contribution in [0.4, 0.5) is 0 Å². The second-order valence-corrected chi connectivity index (χ2v) is 5.76. The van der Waals surface area contributed by atoms with Crippen LogP contribution in [0.3, 0.4) is 0 Å². The Hall–Kier alpha value is -1.10. The van der Waals surface area contributed by atoms with Crippen LogP contribution < -0.4 is 10.1 Å². The van der Waals surface area contributed by atoms with Crippen LogP contribution in [0.2, 0.25) is 0 Å². The van der Waals surface area contributed by atoms with Gasteiger partial charge in [0.25, 0.3) is 0 Å². The van der Waals surface area contributed by atoms with Crippen molar-refractivity contribution in [1.82, 2.24) is 10.2 Å². The summed E-state index contributed by atoms with van der Waals surface area (Å²) >= 11 is 0. The number of morpholine rings is 1. The Bertz CT molecular complexity index is 458. The van der Waals surface area contributed by atoms with Gasteiger partial charge in [0.15, 0.2) is 0 Å². The minimum Gasteiger partial charge on any atom is -0.497 e. The number of likely N-dealkylation sites (N-methyl/N-ethyl adjacent to an activating group) is 1. The molecule has 3 rings (SSSR count). The Kier molecular flexibility index (Phi) is 4.24. The normalized spacial score (nSPS) is 25.8. The van der Waals surface area contributed by atoms with Crippen molar-refractivity contribution in [1.29, 1.82) is 0 Å². The predicted molar refractivity (Wildman–Crippen MR) is 79.3 cm³/mol. The molecule has 0 amide bonds. The Labute approximate surface area is 121 Å². The van der Waals surface area contributed by atoms with Gasteiger partial charge < -0.3 is 14.8 Å². The standard InChI is InChI=1S/C16H24N2O2/c1-18(11-14-10-17-7-8-20-14)16-6-4-12-3-5-13(19-2)9-15(12)16/h3,5,9,14,16-17H,4,6-8,10-11H2,1-2H3. The molecule has 0 spiro atoms. The third-order valence-electron chi connectivity index (χ3n) is 4.43. The Balaban J connectivity index is 1.69. The van der Waals surface area contributed by atoms with Gasteiger partial charge in [-0.25, -0.2) is 0 Å². The van der Waals surface area contributed by atoms with E-state index in [2.05, 4.69) is 35.5 Å². The zero-order valence-corrected chi connectivity index (χ0v) is 12.4. The zero-order chi connectivity index (χ0) is 13.9. The summed E-state index contributed by atoms with van der Waals surface area (Å²) in [5, 5.41) is 3.40. The van der Waals surface area contributed by atoms with Gasteiger partial charge in [0, 0.05) is 25.7 Å². The summed E-state index contributed by atoms with van der Waals surface area (Å²) in [6.07, 6.45) is 2.67. The summed E-state index contributed by atoms with van der Waals surface area (Å²) in [7, 11) is 3.94. The first-order chi connectivity index (χ1) is 9.78. The fraction of sp³-hybridized carbons (Fsp3) is 0.625. The minimum absolute atomic E-state index is 0.309. The number of ether oxygens (including phenoxy) is 2. The Morgan fingerprint density at radius 3 is 3.10 bits per heavy atom. The molecule has 1 N–H and O–H groups in total. The van der Waals surface area contributed by atoms with Gasteiger partial charge >= 0.3 is 0 Å². The molecule has 1 aromatic carbocycles. The first-order valence-corrected chi connectivity index (χ1v) is 7.47. The van der Waals surface area contributed by atoms with Gasteiger partial charge in [-0.15, -0.1) is 0 Å². The lowest BCUT2D eigenvalue weighted by atomic mass is 10.1. The molecular formula is C16H24N2O2. The van der Waals surface area contributed by atoms with E-state index in [0.29, 0.717) is 12.1 Å². The van der Waals surface area contributed by atoms with Crippen LogP contribution in [0.1, 0.15) is 23.6 Å². The monoisotopic (exact) mass is 276 g/mol. The summed E-state index contributed by atoms with van der Waals surface area (Å²) < 4.78 is 11.2. The van der Waals surface area contributed by atoms with E-state index in [4.69, 9.17) is 9.47 Å². The molecule has 1 fully saturated rings. The smallest absolute Gasteiger partial charge is 0.119 e. The molecule has 0 aromatic heterocycles. The predicted octanol–water partition coefficient (Wildman–Crippen LogP) is 1.60. The van der Waals surface area contributed by atoms with Crippen LogP contribution in [0, 0.1) is 0 Å². The first kappa shape index (κ1) is 13.9. The van der Waals surface area contributed by atoms with Crippen LogP contribution in [0.15, 0.2) is 18.2 Å².